The van der Waals surface area contributed by atoms with Crippen LogP contribution in [0.1, 0.15) is 32.3 Å². The zero-order valence-electron chi connectivity index (χ0n) is 12.0. The molecule has 1 unspecified atom stereocenters. The van der Waals surface area contributed by atoms with Crippen LogP contribution in [0.15, 0.2) is 24.3 Å². The second-order valence-corrected chi connectivity index (χ2v) is 4.90. The second kappa shape index (κ2) is 7.14. The van der Waals surface area contributed by atoms with Gasteiger partial charge in [0.1, 0.15) is 5.75 Å². The summed E-state index contributed by atoms with van der Waals surface area (Å²) in [5.41, 5.74) is 6.94. The molecule has 0 aliphatic rings. The summed E-state index contributed by atoms with van der Waals surface area (Å²) in [6.45, 7) is 4.15. The minimum Gasteiger partial charge on any atom is -0.508 e. The van der Waals surface area contributed by atoms with Gasteiger partial charge in [0, 0.05) is 13.1 Å². The maximum atomic E-state index is 12.2. The van der Waals surface area contributed by atoms with Crippen molar-refractivity contribution in [3.63, 3.8) is 0 Å². The van der Waals surface area contributed by atoms with Crippen molar-refractivity contribution in [2.45, 2.75) is 45.2 Å². The quantitative estimate of drug-likeness (QED) is 0.824. The number of nitrogens with zero attached hydrogens (tertiary/aromatic N) is 1. The van der Waals surface area contributed by atoms with E-state index in [2.05, 4.69) is 13.8 Å². The van der Waals surface area contributed by atoms with Crippen molar-refractivity contribution < 1.29 is 9.90 Å². The van der Waals surface area contributed by atoms with Crippen molar-refractivity contribution in [1.82, 2.24) is 4.90 Å². The third-order valence-corrected chi connectivity index (χ3v) is 3.55. The molecule has 0 fully saturated rings. The van der Waals surface area contributed by atoms with Crippen molar-refractivity contribution >= 4 is 5.91 Å². The van der Waals surface area contributed by atoms with Gasteiger partial charge in [0.05, 0.1) is 6.04 Å². The van der Waals surface area contributed by atoms with Gasteiger partial charge in [-0.3, -0.25) is 4.79 Å². The second-order valence-electron chi connectivity index (χ2n) is 4.90. The molecule has 0 saturated heterocycles. The highest BCUT2D eigenvalue weighted by Crippen LogP contribution is 2.13. The largest absolute Gasteiger partial charge is 0.508 e. The van der Waals surface area contributed by atoms with Crippen molar-refractivity contribution in [2.24, 2.45) is 5.73 Å². The van der Waals surface area contributed by atoms with E-state index in [4.69, 9.17) is 5.73 Å². The Kier molecular flexibility index (Phi) is 5.83. The molecular weight excluding hydrogens is 240 g/mol. The maximum absolute atomic E-state index is 12.2. The number of hydrogen-bond acceptors (Lipinski definition) is 3. The number of phenolic OH excluding ortho intramolecular Hbond substituents is 1. The first-order chi connectivity index (χ1) is 8.99. The molecule has 0 aliphatic heterocycles. The van der Waals surface area contributed by atoms with Crippen molar-refractivity contribution in [3.05, 3.63) is 29.8 Å². The lowest BCUT2D eigenvalue weighted by atomic mass is 10.0. The summed E-state index contributed by atoms with van der Waals surface area (Å²) in [6, 6.07) is 6.52. The molecule has 0 heterocycles. The lowest BCUT2D eigenvalue weighted by molar-refractivity contribution is -0.133. The van der Waals surface area contributed by atoms with E-state index in [9.17, 15) is 9.90 Å². The lowest BCUT2D eigenvalue weighted by Gasteiger charge is -2.28. The van der Waals surface area contributed by atoms with Crippen molar-refractivity contribution in [1.29, 1.82) is 0 Å². The van der Waals surface area contributed by atoms with Crippen molar-refractivity contribution in [2.75, 3.05) is 7.05 Å². The molecule has 1 amide bonds. The molecular formula is C15H24N2O2. The Morgan fingerprint density at radius 1 is 1.26 bits per heavy atom. The Bertz CT molecular complexity index is 399. The maximum Gasteiger partial charge on any atom is 0.239 e. The Hall–Kier alpha value is -1.55. The number of aromatic hydroxyl groups is 1. The number of nitrogens with two attached hydrogens (primary N) is 1. The minimum absolute atomic E-state index is 0.0261. The topological polar surface area (TPSA) is 66.6 Å². The smallest absolute Gasteiger partial charge is 0.239 e. The number of carbonyl (C=O) groups excluding carboxylic acids is 1. The van der Waals surface area contributed by atoms with E-state index in [0.29, 0.717) is 6.42 Å². The number of rotatable bonds is 6. The van der Waals surface area contributed by atoms with E-state index < -0.39 is 6.04 Å². The fourth-order valence-electron chi connectivity index (χ4n) is 2.25. The third kappa shape index (κ3) is 4.24. The average molecular weight is 264 g/mol. The van der Waals surface area contributed by atoms with Crippen LogP contribution in [0.3, 0.4) is 0 Å². The number of carbonyl (C=O) groups is 1. The summed E-state index contributed by atoms with van der Waals surface area (Å²) in [5, 5.41) is 9.22. The van der Waals surface area contributed by atoms with Gasteiger partial charge in [-0.25, -0.2) is 0 Å². The van der Waals surface area contributed by atoms with Gasteiger partial charge in [-0.2, -0.15) is 0 Å². The first kappa shape index (κ1) is 15.5. The summed E-state index contributed by atoms with van der Waals surface area (Å²) < 4.78 is 0. The summed E-state index contributed by atoms with van der Waals surface area (Å²) >= 11 is 0. The van der Waals surface area contributed by atoms with E-state index in [1.54, 1.807) is 29.2 Å². The van der Waals surface area contributed by atoms with Crippen LogP contribution in [0.5, 0.6) is 5.75 Å². The standard InChI is InChI=1S/C15H24N2O2/c1-4-12(5-2)17(3)15(19)14(16)10-11-6-8-13(18)9-7-11/h6-9,12,14,18H,4-5,10,16H2,1-3H3. The molecule has 0 bridgehead atoms. The van der Waals surface area contributed by atoms with Gasteiger partial charge in [-0.1, -0.05) is 26.0 Å². The monoisotopic (exact) mass is 264 g/mol. The van der Waals surface area contributed by atoms with E-state index in [1.165, 1.54) is 0 Å². The van der Waals surface area contributed by atoms with Crippen LogP contribution in [-0.2, 0) is 11.2 Å². The summed E-state index contributed by atoms with van der Waals surface area (Å²) in [6.07, 6.45) is 2.36. The highest BCUT2D eigenvalue weighted by molar-refractivity contribution is 5.82. The molecule has 1 aromatic rings. The van der Waals surface area contributed by atoms with Gasteiger partial charge in [0.15, 0.2) is 0 Å². The van der Waals surface area contributed by atoms with Gasteiger partial charge >= 0.3 is 0 Å². The van der Waals surface area contributed by atoms with Crippen LogP contribution >= 0.6 is 0 Å². The Labute approximate surface area is 115 Å². The number of amides is 1. The summed E-state index contributed by atoms with van der Waals surface area (Å²) in [4.78, 5) is 14.0. The minimum atomic E-state index is -0.532. The van der Waals surface area contributed by atoms with Crippen LogP contribution in [0, 0.1) is 0 Å². The van der Waals surface area contributed by atoms with Gasteiger partial charge in [-0.05, 0) is 37.0 Å². The normalized spacial score (nSPS) is 12.5. The van der Waals surface area contributed by atoms with Gasteiger partial charge < -0.3 is 15.7 Å². The van der Waals surface area contributed by atoms with Crippen LogP contribution in [0.4, 0.5) is 0 Å². The van der Waals surface area contributed by atoms with Crippen LogP contribution in [0.2, 0.25) is 0 Å². The van der Waals surface area contributed by atoms with Crippen LogP contribution < -0.4 is 5.73 Å². The third-order valence-electron chi connectivity index (χ3n) is 3.55. The van der Waals surface area contributed by atoms with Gasteiger partial charge in [0.2, 0.25) is 5.91 Å². The van der Waals surface area contributed by atoms with Gasteiger partial charge in [-0.15, -0.1) is 0 Å². The zero-order chi connectivity index (χ0) is 14.4. The molecule has 0 aliphatic carbocycles. The highest BCUT2D eigenvalue weighted by atomic mass is 16.3. The molecule has 0 spiro atoms. The molecule has 106 valence electrons. The van der Waals surface area contributed by atoms with E-state index >= 15 is 0 Å². The Morgan fingerprint density at radius 3 is 2.26 bits per heavy atom. The molecule has 1 atom stereocenters. The molecule has 0 aromatic heterocycles. The number of phenols is 1. The summed E-state index contributed by atoms with van der Waals surface area (Å²) in [7, 11) is 1.82. The Morgan fingerprint density at radius 2 is 1.79 bits per heavy atom. The number of benzene rings is 1. The van der Waals surface area contributed by atoms with Crippen LogP contribution in [0.25, 0.3) is 0 Å². The first-order valence-electron chi connectivity index (χ1n) is 6.79. The van der Waals surface area contributed by atoms with Gasteiger partial charge in [0.25, 0.3) is 0 Å². The molecule has 3 N–H and O–H groups in total. The molecule has 19 heavy (non-hydrogen) atoms. The van der Waals surface area contributed by atoms with E-state index in [0.717, 1.165) is 18.4 Å². The molecule has 0 saturated carbocycles. The fourth-order valence-corrected chi connectivity index (χ4v) is 2.25. The Balaban J connectivity index is 2.64. The van der Waals surface area contributed by atoms with E-state index in [-0.39, 0.29) is 17.7 Å². The zero-order valence-corrected chi connectivity index (χ0v) is 12.0. The lowest BCUT2D eigenvalue weighted by Crippen LogP contribution is -2.47. The molecule has 4 heteroatoms. The molecule has 1 rings (SSSR count). The molecule has 4 nitrogen and oxygen atoms in total. The highest BCUT2D eigenvalue weighted by Gasteiger charge is 2.22. The predicted molar refractivity (Wildman–Crippen MR) is 76.9 cm³/mol. The molecule has 1 aromatic carbocycles. The number of hydrogen-bond donors (Lipinski definition) is 2. The predicted octanol–water partition coefficient (Wildman–Crippen LogP) is 1.91. The first-order valence-corrected chi connectivity index (χ1v) is 6.79. The van der Waals surface area contributed by atoms with E-state index in [1.807, 2.05) is 7.05 Å². The number of likely N-dealkylation sites (N-methyl/N-ethyl adjacent to an activating group) is 1. The van der Waals surface area contributed by atoms with Crippen molar-refractivity contribution in [3.8, 4) is 5.75 Å². The average Bonchev–Trinajstić information content (AvgIpc) is 2.41. The van der Waals surface area contributed by atoms with Crippen LogP contribution in [-0.4, -0.2) is 35.0 Å². The fraction of sp³-hybridized carbons (Fsp3) is 0.533. The molecule has 0 radical (unpaired) electrons. The summed E-state index contributed by atoms with van der Waals surface area (Å²) in [5.74, 6) is 0.194. The SMILES string of the molecule is CCC(CC)N(C)C(=O)C(N)Cc1ccc(O)cc1.